The Morgan fingerprint density at radius 1 is 1.56 bits per heavy atom. The molecule has 0 rings (SSSR count). The molecule has 0 unspecified atom stereocenters. The first-order chi connectivity index (χ1) is 3.98. The van der Waals surface area contributed by atoms with Gasteiger partial charge in [-0.1, -0.05) is 27.2 Å². The smallest absolute Gasteiger partial charge is 0.238 e. The summed E-state index contributed by atoms with van der Waals surface area (Å²) in [5.41, 5.74) is 6.72. The molecule has 0 aliphatic rings. The Morgan fingerprint density at radius 2 is 2.00 bits per heavy atom. The van der Waals surface area contributed by atoms with Gasteiger partial charge in [0.2, 0.25) is 5.91 Å². The molecule has 0 aromatic heterocycles. The van der Waals surface area contributed by atoms with Gasteiger partial charge < -0.3 is 0 Å². The molecule has 1 radical (unpaired) electrons. The van der Waals surface area contributed by atoms with Gasteiger partial charge in [-0.2, -0.15) is 0 Å². The lowest BCUT2D eigenvalue weighted by Gasteiger charge is -2.19. The SMILES string of the molecule is CCC(C)(C)CC([NH])=O. The molecule has 0 saturated heterocycles. The first kappa shape index (κ1) is 8.47. The average molecular weight is 128 g/mol. The molecule has 0 saturated carbocycles. The largest absolute Gasteiger partial charge is 0.273 e. The summed E-state index contributed by atoms with van der Waals surface area (Å²) in [5, 5.41) is 0. The van der Waals surface area contributed by atoms with E-state index in [1.54, 1.807) is 0 Å². The topological polar surface area (TPSA) is 40.9 Å². The summed E-state index contributed by atoms with van der Waals surface area (Å²) in [6, 6.07) is 0. The zero-order valence-electron chi connectivity index (χ0n) is 6.32. The minimum atomic E-state index is -0.457. The molecule has 0 fully saturated rings. The van der Waals surface area contributed by atoms with Crippen LogP contribution in [-0.2, 0) is 4.79 Å². The third-order valence-corrected chi connectivity index (χ3v) is 1.60. The van der Waals surface area contributed by atoms with E-state index < -0.39 is 5.91 Å². The van der Waals surface area contributed by atoms with Gasteiger partial charge in [-0.05, 0) is 5.41 Å². The number of carbonyl (C=O) groups excluding carboxylic acids is 1. The molecule has 2 nitrogen and oxygen atoms in total. The van der Waals surface area contributed by atoms with Crippen molar-refractivity contribution in [2.45, 2.75) is 33.6 Å². The lowest BCUT2D eigenvalue weighted by molar-refractivity contribution is -0.120. The van der Waals surface area contributed by atoms with E-state index in [1.807, 2.05) is 20.8 Å². The van der Waals surface area contributed by atoms with E-state index in [-0.39, 0.29) is 5.41 Å². The van der Waals surface area contributed by atoms with Crippen molar-refractivity contribution in [2.75, 3.05) is 0 Å². The number of carbonyl (C=O) groups is 1. The molecule has 9 heavy (non-hydrogen) atoms. The molecule has 0 aromatic rings. The standard InChI is InChI=1S/C7H14NO/c1-4-7(2,3)5-6(8)9/h8H,4-5H2,1-3H3. The Hall–Kier alpha value is -0.530. The van der Waals surface area contributed by atoms with Crippen LogP contribution in [0.5, 0.6) is 0 Å². The minimum absolute atomic E-state index is 0.0266. The van der Waals surface area contributed by atoms with Gasteiger partial charge in [0.05, 0.1) is 0 Å². The third kappa shape index (κ3) is 4.01. The molecule has 0 aliphatic carbocycles. The van der Waals surface area contributed by atoms with E-state index >= 15 is 0 Å². The highest BCUT2D eigenvalue weighted by Gasteiger charge is 2.17. The molecule has 0 heterocycles. The van der Waals surface area contributed by atoms with E-state index in [4.69, 9.17) is 5.73 Å². The lowest BCUT2D eigenvalue weighted by Crippen LogP contribution is -2.15. The monoisotopic (exact) mass is 128 g/mol. The Bertz CT molecular complexity index is 107. The number of rotatable bonds is 3. The van der Waals surface area contributed by atoms with E-state index in [1.165, 1.54) is 0 Å². The Labute approximate surface area is 56.4 Å². The van der Waals surface area contributed by atoms with Crippen molar-refractivity contribution in [3.8, 4) is 0 Å². The Kier molecular flexibility index (Phi) is 2.68. The van der Waals surface area contributed by atoms with Crippen molar-refractivity contribution in [1.29, 1.82) is 0 Å². The van der Waals surface area contributed by atoms with E-state index in [9.17, 15) is 4.79 Å². The second-order valence-electron chi connectivity index (χ2n) is 3.12. The van der Waals surface area contributed by atoms with Crippen LogP contribution in [0.1, 0.15) is 33.6 Å². The molecular weight excluding hydrogens is 114 g/mol. The summed E-state index contributed by atoms with van der Waals surface area (Å²) in [7, 11) is 0. The van der Waals surface area contributed by atoms with Crippen LogP contribution >= 0.6 is 0 Å². The summed E-state index contributed by atoms with van der Waals surface area (Å²) in [5.74, 6) is -0.457. The quantitative estimate of drug-likeness (QED) is 0.569. The summed E-state index contributed by atoms with van der Waals surface area (Å²) in [6.07, 6.45) is 1.33. The maximum absolute atomic E-state index is 10.3. The van der Waals surface area contributed by atoms with Gasteiger partial charge in [-0.3, -0.25) is 10.5 Å². The molecule has 0 aliphatic heterocycles. The highest BCUT2D eigenvalue weighted by atomic mass is 16.1. The van der Waals surface area contributed by atoms with Gasteiger partial charge in [-0.25, -0.2) is 0 Å². The van der Waals surface area contributed by atoms with Crippen LogP contribution in [-0.4, -0.2) is 5.91 Å². The van der Waals surface area contributed by atoms with Gasteiger partial charge in [-0.15, -0.1) is 0 Å². The van der Waals surface area contributed by atoms with Gasteiger partial charge in [0, 0.05) is 6.42 Å². The fourth-order valence-electron chi connectivity index (χ4n) is 0.560. The van der Waals surface area contributed by atoms with E-state index in [2.05, 4.69) is 0 Å². The van der Waals surface area contributed by atoms with Crippen LogP contribution in [0.25, 0.3) is 0 Å². The first-order valence-corrected chi connectivity index (χ1v) is 3.22. The number of hydrogen-bond donors (Lipinski definition) is 0. The molecule has 2 heteroatoms. The molecule has 0 spiro atoms. The van der Waals surface area contributed by atoms with Crippen LogP contribution < -0.4 is 5.73 Å². The highest BCUT2D eigenvalue weighted by molar-refractivity contribution is 5.73. The fourth-order valence-corrected chi connectivity index (χ4v) is 0.560. The van der Waals surface area contributed by atoms with Crippen LogP contribution in [0.2, 0.25) is 0 Å². The van der Waals surface area contributed by atoms with Crippen LogP contribution in [0.3, 0.4) is 0 Å². The summed E-state index contributed by atoms with van der Waals surface area (Å²) in [6.45, 7) is 6.03. The van der Waals surface area contributed by atoms with Crippen molar-refractivity contribution >= 4 is 5.91 Å². The van der Waals surface area contributed by atoms with Crippen molar-refractivity contribution < 1.29 is 4.79 Å². The maximum Gasteiger partial charge on any atom is 0.238 e. The zero-order valence-corrected chi connectivity index (χ0v) is 6.32. The van der Waals surface area contributed by atoms with Gasteiger partial charge >= 0.3 is 0 Å². The number of amides is 1. The predicted octanol–water partition coefficient (Wildman–Crippen LogP) is 1.62. The van der Waals surface area contributed by atoms with Crippen LogP contribution in [0.4, 0.5) is 0 Å². The van der Waals surface area contributed by atoms with E-state index in [0.717, 1.165) is 6.42 Å². The fraction of sp³-hybridized carbons (Fsp3) is 0.857. The molecule has 0 atom stereocenters. The van der Waals surface area contributed by atoms with Gasteiger partial charge in [0.1, 0.15) is 0 Å². The van der Waals surface area contributed by atoms with Gasteiger partial charge in [0.25, 0.3) is 0 Å². The Balaban J connectivity index is 3.71. The van der Waals surface area contributed by atoms with Crippen molar-refractivity contribution in [3.63, 3.8) is 0 Å². The summed E-state index contributed by atoms with van der Waals surface area (Å²) in [4.78, 5) is 10.3. The highest BCUT2D eigenvalue weighted by Crippen LogP contribution is 2.23. The molecular formula is C7H14NO. The molecule has 1 N–H and O–H groups in total. The third-order valence-electron chi connectivity index (χ3n) is 1.60. The van der Waals surface area contributed by atoms with E-state index in [0.29, 0.717) is 6.42 Å². The van der Waals surface area contributed by atoms with Crippen LogP contribution in [0, 0.1) is 5.41 Å². The average Bonchev–Trinajstić information content (AvgIpc) is 1.63. The number of hydrogen-bond acceptors (Lipinski definition) is 1. The second kappa shape index (κ2) is 2.85. The number of nitrogens with one attached hydrogen (secondary N) is 1. The normalized spacial score (nSPS) is 11.4. The Morgan fingerprint density at radius 3 is 2.11 bits per heavy atom. The lowest BCUT2D eigenvalue weighted by atomic mass is 9.86. The first-order valence-electron chi connectivity index (χ1n) is 3.22. The van der Waals surface area contributed by atoms with Crippen molar-refractivity contribution in [3.05, 3.63) is 0 Å². The zero-order chi connectivity index (χ0) is 7.49. The predicted molar refractivity (Wildman–Crippen MR) is 36.8 cm³/mol. The van der Waals surface area contributed by atoms with Gasteiger partial charge in [0.15, 0.2) is 0 Å². The molecule has 0 aromatic carbocycles. The molecule has 1 amide bonds. The second-order valence-corrected chi connectivity index (χ2v) is 3.12. The summed E-state index contributed by atoms with van der Waals surface area (Å²) < 4.78 is 0. The molecule has 53 valence electrons. The maximum atomic E-state index is 10.3. The van der Waals surface area contributed by atoms with Crippen LogP contribution in [0.15, 0.2) is 0 Å². The van der Waals surface area contributed by atoms with Crippen molar-refractivity contribution in [1.82, 2.24) is 5.73 Å². The summed E-state index contributed by atoms with van der Waals surface area (Å²) >= 11 is 0. The minimum Gasteiger partial charge on any atom is -0.273 e. The molecule has 0 bridgehead atoms. The van der Waals surface area contributed by atoms with Crippen molar-refractivity contribution in [2.24, 2.45) is 5.41 Å².